The Kier molecular flexibility index (Phi) is 6.70. The topological polar surface area (TPSA) is 79.8 Å². The molecule has 0 radical (unpaired) electrons. The molecule has 1 aliphatic rings. The second kappa shape index (κ2) is 9.95. The maximum atomic E-state index is 13.8. The Bertz CT molecular complexity index is 1700. The number of fused-ring (bicyclic) bond motifs is 1. The predicted molar refractivity (Wildman–Crippen MR) is 146 cm³/mol. The highest BCUT2D eigenvalue weighted by atomic mass is 79.9. The third-order valence-electron chi connectivity index (χ3n) is 5.85. The second-order valence-corrected chi connectivity index (χ2v) is 10.5. The molecule has 0 spiro atoms. The van der Waals surface area contributed by atoms with E-state index in [0.717, 1.165) is 4.47 Å². The molecule has 2 aromatic heterocycles. The number of nitrogens with one attached hydrogen (secondary N) is 1. The van der Waals surface area contributed by atoms with Crippen LogP contribution in [0.15, 0.2) is 90.6 Å². The number of benzene rings is 2. The molecular weight excluding hydrogens is 559 g/mol. The van der Waals surface area contributed by atoms with Gasteiger partial charge in [0.2, 0.25) is 5.88 Å². The largest absolute Gasteiger partial charge is 0.440 e. The number of aromatic nitrogens is 1. The van der Waals surface area contributed by atoms with Crippen LogP contribution in [0.3, 0.4) is 0 Å². The Balaban J connectivity index is 1.66. The number of furan rings is 1. The lowest BCUT2D eigenvalue weighted by molar-refractivity contribution is -0.113. The summed E-state index contributed by atoms with van der Waals surface area (Å²) in [5.41, 5.74) is 1.67. The smallest absolute Gasteiger partial charge is 0.271 e. The van der Waals surface area contributed by atoms with Crippen molar-refractivity contribution in [2.75, 3.05) is 24.3 Å². The van der Waals surface area contributed by atoms with Crippen molar-refractivity contribution < 1.29 is 13.6 Å². The van der Waals surface area contributed by atoms with Crippen molar-refractivity contribution in [3.63, 3.8) is 0 Å². The van der Waals surface area contributed by atoms with E-state index in [-0.39, 0.29) is 11.5 Å². The van der Waals surface area contributed by atoms with E-state index >= 15 is 0 Å². The average Bonchev–Trinajstić information content (AvgIpc) is 3.38. The van der Waals surface area contributed by atoms with E-state index in [4.69, 9.17) is 4.42 Å². The second-order valence-electron chi connectivity index (χ2n) is 8.65. The standard InChI is InChI=1S/C27H22BrFN4O3S/c1-15-22(24(34)31-18-7-5-4-6-8-18)23(16-9-11-17(29)12-10-16)33-25(35)21(37-27(33)30-15)14-19-13-20(28)26(36-19)32(2)3/h4-14,23H,1-3H3,(H,31,34)/b21-14+/t23-/m1/s1. The zero-order chi connectivity index (χ0) is 26.3. The van der Waals surface area contributed by atoms with Crippen LogP contribution in [0.1, 0.15) is 24.3 Å². The van der Waals surface area contributed by atoms with Crippen molar-refractivity contribution in [3.8, 4) is 0 Å². The van der Waals surface area contributed by atoms with Crippen LogP contribution in [0, 0.1) is 5.82 Å². The highest BCUT2D eigenvalue weighted by Gasteiger charge is 2.32. The van der Waals surface area contributed by atoms with Gasteiger partial charge in [-0.1, -0.05) is 41.7 Å². The van der Waals surface area contributed by atoms with Gasteiger partial charge in [-0.2, -0.15) is 0 Å². The van der Waals surface area contributed by atoms with Gasteiger partial charge in [-0.05, 0) is 52.7 Å². The quantitative estimate of drug-likeness (QED) is 0.378. The molecule has 1 N–H and O–H groups in total. The fraction of sp³-hybridized carbons (Fsp3) is 0.148. The van der Waals surface area contributed by atoms with Gasteiger partial charge in [0.05, 0.1) is 26.3 Å². The lowest BCUT2D eigenvalue weighted by Crippen LogP contribution is -2.40. The zero-order valence-corrected chi connectivity index (χ0v) is 22.6. The molecule has 1 aliphatic heterocycles. The van der Waals surface area contributed by atoms with Crippen molar-refractivity contribution in [1.82, 2.24) is 4.57 Å². The first-order valence-corrected chi connectivity index (χ1v) is 12.9. The number of rotatable bonds is 5. The first-order chi connectivity index (χ1) is 17.7. The van der Waals surface area contributed by atoms with Crippen LogP contribution in [-0.4, -0.2) is 24.6 Å². The van der Waals surface area contributed by atoms with E-state index in [2.05, 4.69) is 26.2 Å². The first-order valence-electron chi connectivity index (χ1n) is 11.3. The summed E-state index contributed by atoms with van der Waals surface area (Å²) in [6.07, 6.45) is 1.66. The SMILES string of the molecule is CC1=C(C(=O)Nc2ccccc2)[C@@H](c2ccc(F)cc2)n2c(s/c(=C/c3cc(Br)c(N(C)C)o3)c2=O)=N1. The van der Waals surface area contributed by atoms with E-state index in [0.29, 0.717) is 43.5 Å². The number of anilines is 2. The summed E-state index contributed by atoms with van der Waals surface area (Å²) in [7, 11) is 3.71. The van der Waals surface area contributed by atoms with Crippen molar-refractivity contribution in [2.24, 2.45) is 4.99 Å². The Morgan fingerprint density at radius 1 is 1.19 bits per heavy atom. The van der Waals surface area contributed by atoms with Gasteiger partial charge in [0.1, 0.15) is 11.6 Å². The van der Waals surface area contributed by atoms with Gasteiger partial charge < -0.3 is 14.6 Å². The molecule has 7 nitrogen and oxygen atoms in total. The van der Waals surface area contributed by atoms with E-state index < -0.39 is 11.9 Å². The van der Waals surface area contributed by atoms with E-state index in [1.807, 2.05) is 37.2 Å². The molecule has 188 valence electrons. The van der Waals surface area contributed by atoms with Crippen molar-refractivity contribution >= 4 is 50.8 Å². The van der Waals surface area contributed by atoms with Crippen molar-refractivity contribution in [3.05, 3.63) is 113 Å². The molecule has 0 saturated heterocycles. The minimum Gasteiger partial charge on any atom is -0.440 e. The summed E-state index contributed by atoms with van der Waals surface area (Å²) < 4.78 is 22.3. The molecule has 10 heteroatoms. The van der Waals surface area contributed by atoms with Gasteiger partial charge in [-0.25, -0.2) is 9.38 Å². The highest BCUT2D eigenvalue weighted by molar-refractivity contribution is 9.10. The van der Waals surface area contributed by atoms with E-state index in [1.54, 1.807) is 43.3 Å². The number of hydrogen-bond acceptors (Lipinski definition) is 6. The molecular formula is C27H22BrFN4O3S. The zero-order valence-electron chi connectivity index (χ0n) is 20.2. The predicted octanol–water partition coefficient (Wildman–Crippen LogP) is 4.43. The fourth-order valence-corrected chi connectivity index (χ4v) is 5.86. The number of carbonyl (C=O) groups is 1. The van der Waals surface area contributed by atoms with Gasteiger partial charge in [-0.3, -0.25) is 14.2 Å². The Hall–Kier alpha value is -3.76. The molecule has 0 unspecified atom stereocenters. The average molecular weight is 581 g/mol. The first kappa shape index (κ1) is 24.9. The van der Waals surface area contributed by atoms with Crippen LogP contribution in [0.2, 0.25) is 0 Å². The summed E-state index contributed by atoms with van der Waals surface area (Å²) in [6, 6.07) is 15.8. The van der Waals surface area contributed by atoms with Gasteiger partial charge in [-0.15, -0.1) is 0 Å². The number of allylic oxidation sites excluding steroid dienone is 1. The lowest BCUT2D eigenvalue weighted by atomic mass is 9.95. The van der Waals surface area contributed by atoms with E-state index in [9.17, 15) is 14.0 Å². The van der Waals surface area contributed by atoms with E-state index in [1.165, 1.54) is 28.0 Å². The van der Waals surface area contributed by atoms with Crippen LogP contribution in [-0.2, 0) is 4.79 Å². The number of nitrogens with zero attached hydrogens (tertiary/aromatic N) is 3. The minimum absolute atomic E-state index is 0.310. The maximum absolute atomic E-state index is 13.8. The Labute approximate surface area is 224 Å². The molecule has 0 aliphatic carbocycles. The molecule has 5 rings (SSSR count). The third-order valence-corrected chi connectivity index (χ3v) is 7.40. The maximum Gasteiger partial charge on any atom is 0.271 e. The summed E-state index contributed by atoms with van der Waals surface area (Å²) >= 11 is 4.68. The molecule has 1 atom stereocenters. The molecule has 1 amide bonds. The van der Waals surface area contributed by atoms with Crippen LogP contribution in [0.25, 0.3) is 6.08 Å². The minimum atomic E-state index is -0.789. The van der Waals surface area contributed by atoms with Crippen LogP contribution in [0.4, 0.5) is 16.0 Å². The monoisotopic (exact) mass is 580 g/mol. The van der Waals surface area contributed by atoms with Crippen LogP contribution >= 0.6 is 27.3 Å². The van der Waals surface area contributed by atoms with Gasteiger partial charge >= 0.3 is 0 Å². The van der Waals surface area contributed by atoms with Crippen molar-refractivity contribution in [2.45, 2.75) is 13.0 Å². The van der Waals surface area contributed by atoms with Crippen LogP contribution in [0.5, 0.6) is 0 Å². The number of para-hydroxylation sites is 1. The molecule has 0 fully saturated rings. The molecule has 2 aromatic carbocycles. The Morgan fingerprint density at radius 2 is 1.89 bits per heavy atom. The molecule has 0 saturated carbocycles. The number of amides is 1. The normalized spacial score (nSPS) is 15.4. The summed E-state index contributed by atoms with van der Waals surface area (Å²) in [6.45, 7) is 1.74. The molecule has 0 bridgehead atoms. The molecule has 3 heterocycles. The number of carbonyl (C=O) groups excluding carboxylic acids is 1. The third kappa shape index (κ3) is 4.82. The summed E-state index contributed by atoms with van der Waals surface area (Å²) in [4.78, 5) is 34.1. The lowest BCUT2D eigenvalue weighted by Gasteiger charge is -2.25. The number of halogens is 2. The summed E-state index contributed by atoms with van der Waals surface area (Å²) in [5, 5.41) is 2.89. The number of thiazole rings is 1. The molecule has 37 heavy (non-hydrogen) atoms. The Morgan fingerprint density at radius 3 is 2.54 bits per heavy atom. The number of hydrogen-bond donors (Lipinski definition) is 1. The fourth-order valence-electron chi connectivity index (χ4n) is 4.17. The molecule has 4 aromatic rings. The van der Waals surface area contributed by atoms with Crippen LogP contribution < -0.4 is 25.1 Å². The van der Waals surface area contributed by atoms with Gasteiger partial charge in [0, 0.05) is 31.9 Å². The highest BCUT2D eigenvalue weighted by Crippen LogP contribution is 2.31. The van der Waals surface area contributed by atoms with Gasteiger partial charge in [0.15, 0.2) is 4.80 Å². The van der Waals surface area contributed by atoms with Gasteiger partial charge in [0.25, 0.3) is 11.5 Å². The van der Waals surface area contributed by atoms with Crippen molar-refractivity contribution in [1.29, 1.82) is 0 Å². The summed E-state index contributed by atoms with van der Waals surface area (Å²) in [5.74, 6) is 0.324.